The molecule has 0 spiro atoms. The predicted octanol–water partition coefficient (Wildman–Crippen LogP) is 3.25. The maximum atomic E-state index is 5.31. The van der Waals surface area contributed by atoms with Crippen LogP contribution in [0.1, 0.15) is 24.6 Å². The summed E-state index contributed by atoms with van der Waals surface area (Å²) in [5, 5.41) is 6.63. The quantitative estimate of drug-likeness (QED) is 0.938. The lowest BCUT2D eigenvalue weighted by molar-refractivity contribution is 0.394. The Hall–Kier alpha value is -1.59. The van der Waals surface area contributed by atoms with E-state index in [0.717, 1.165) is 34.3 Å². The standard InChI is InChI=1S/C15H18N2O2S/c1-18-11-6-10(7-12(8-11)19-2)15-17-14(9-20-15)13-4-3-5-16-13/h6-9,13,16H,3-5H2,1-2H3. The van der Waals surface area contributed by atoms with Crippen molar-refractivity contribution in [2.24, 2.45) is 0 Å². The number of ether oxygens (including phenoxy) is 2. The second kappa shape index (κ2) is 5.81. The number of thiazole rings is 1. The Morgan fingerprint density at radius 2 is 1.95 bits per heavy atom. The molecule has 0 bridgehead atoms. The highest BCUT2D eigenvalue weighted by Gasteiger charge is 2.19. The number of benzene rings is 1. The van der Waals surface area contributed by atoms with Crippen LogP contribution in [0.5, 0.6) is 11.5 Å². The van der Waals surface area contributed by atoms with Gasteiger partial charge in [-0.1, -0.05) is 0 Å². The van der Waals surface area contributed by atoms with Crippen molar-refractivity contribution >= 4 is 11.3 Å². The fourth-order valence-electron chi connectivity index (χ4n) is 2.45. The molecule has 2 aromatic rings. The van der Waals surface area contributed by atoms with E-state index in [2.05, 4.69) is 10.7 Å². The van der Waals surface area contributed by atoms with Crippen LogP contribution >= 0.6 is 11.3 Å². The maximum absolute atomic E-state index is 5.31. The molecule has 106 valence electrons. The number of nitrogens with one attached hydrogen (secondary N) is 1. The molecule has 0 saturated carbocycles. The van der Waals surface area contributed by atoms with Crippen LogP contribution in [0.2, 0.25) is 0 Å². The van der Waals surface area contributed by atoms with Crippen LogP contribution in [0.3, 0.4) is 0 Å². The summed E-state index contributed by atoms with van der Waals surface area (Å²) in [6.45, 7) is 1.09. The average molecular weight is 290 g/mol. The number of hydrogen-bond donors (Lipinski definition) is 1. The monoisotopic (exact) mass is 290 g/mol. The Morgan fingerprint density at radius 1 is 1.20 bits per heavy atom. The van der Waals surface area contributed by atoms with E-state index in [1.54, 1.807) is 25.6 Å². The molecule has 0 aliphatic carbocycles. The molecule has 20 heavy (non-hydrogen) atoms. The van der Waals surface area contributed by atoms with Crippen LogP contribution in [-0.2, 0) is 0 Å². The van der Waals surface area contributed by atoms with E-state index in [0.29, 0.717) is 6.04 Å². The second-order valence-corrected chi connectivity index (χ2v) is 5.69. The number of methoxy groups -OCH3 is 2. The molecule has 5 heteroatoms. The van der Waals surface area contributed by atoms with Crippen molar-refractivity contribution in [3.8, 4) is 22.1 Å². The predicted molar refractivity (Wildman–Crippen MR) is 80.6 cm³/mol. The molecule has 4 nitrogen and oxygen atoms in total. The molecule has 1 aromatic heterocycles. The molecule has 1 saturated heterocycles. The summed E-state index contributed by atoms with van der Waals surface area (Å²) >= 11 is 1.67. The van der Waals surface area contributed by atoms with E-state index >= 15 is 0 Å². The summed E-state index contributed by atoms with van der Waals surface area (Å²) in [5.41, 5.74) is 2.18. The van der Waals surface area contributed by atoms with Crippen LogP contribution in [0.25, 0.3) is 10.6 Å². The molecule has 0 amide bonds. The lowest BCUT2D eigenvalue weighted by Crippen LogP contribution is -2.12. The van der Waals surface area contributed by atoms with Gasteiger partial charge in [0.25, 0.3) is 0 Å². The van der Waals surface area contributed by atoms with Gasteiger partial charge in [-0.3, -0.25) is 0 Å². The normalized spacial score (nSPS) is 18.2. The van der Waals surface area contributed by atoms with Crippen molar-refractivity contribution in [3.05, 3.63) is 29.3 Å². The summed E-state index contributed by atoms with van der Waals surface area (Å²) in [4.78, 5) is 4.76. The number of hydrogen-bond acceptors (Lipinski definition) is 5. The van der Waals surface area contributed by atoms with Gasteiger partial charge in [0.2, 0.25) is 0 Å². The van der Waals surface area contributed by atoms with Gasteiger partial charge in [0, 0.05) is 17.0 Å². The van der Waals surface area contributed by atoms with Crippen LogP contribution in [0, 0.1) is 0 Å². The Morgan fingerprint density at radius 3 is 2.55 bits per heavy atom. The summed E-state index contributed by atoms with van der Waals surface area (Å²) in [6, 6.07) is 6.27. The molecular weight excluding hydrogens is 272 g/mol. The Balaban J connectivity index is 1.92. The minimum atomic E-state index is 0.410. The fraction of sp³-hybridized carbons (Fsp3) is 0.400. The van der Waals surface area contributed by atoms with Crippen LogP contribution in [0.4, 0.5) is 0 Å². The first-order valence-electron chi connectivity index (χ1n) is 6.72. The van der Waals surface area contributed by atoms with Crippen LogP contribution in [-0.4, -0.2) is 25.7 Å². The van der Waals surface area contributed by atoms with Gasteiger partial charge < -0.3 is 14.8 Å². The molecule has 1 aliphatic heterocycles. The second-order valence-electron chi connectivity index (χ2n) is 4.83. The molecule has 1 aromatic carbocycles. The number of rotatable bonds is 4. The summed E-state index contributed by atoms with van der Waals surface area (Å²) in [6.07, 6.45) is 2.40. The zero-order chi connectivity index (χ0) is 13.9. The molecule has 1 N–H and O–H groups in total. The lowest BCUT2D eigenvalue weighted by Gasteiger charge is -2.07. The highest BCUT2D eigenvalue weighted by atomic mass is 32.1. The largest absolute Gasteiger partial charge is 0.497 e. The SMILES string of the molecule is COc1cc(OC)cc(-c2nc(C3CCCN3)cs2)c1. The summed E-state index contributed by atoms with van der Waals surface area (Å²) < 4.78 is 10.6. The molecule has 1 atom stereocenters. The van der Waals surface area contributed by atoms with Crippen molar-refractivity contribution in [2.75, 3.05) is 20.8 Å². The van der Waals surface area contributed by atoms with E-state index in [9.17, 15) is 0 Å². The number of aromatic nitrogens is 1. The van der Waals surface area contributed by atoms with Gasteiger partial charge in [0.05, 0.1) is 26.0 Å². The molecule has 3 rings (SSSR count). The van der Waals surface area contributed by atoms with Gasteiger partial charge in [-0.15, -0.1) is 11.3 Å². The van der Waals surface area contributed by atoms with E-state index in [1.807, 2.05) is 18.2 Å². The van der Waals surface area contributed by atoms with E-state index in [-0.39, 0.29) is 0 Å². The van der Waals surface area contributed by atoms with E-state index in [4.69, 9.17) is 14.5 Å². The van der Waals surface area contributed by atoms with Crippen molar-refractivity contribution < 1.29 is 9.47 Å². The van der Waals surface area contributed by atoms with Gasteiger partial charge in [0.15, 0.2) is 0 Å². The lowest BCUT2D eigenvalue weighted by atomic mass is 10.2. The molecule has 2 heterocycles. The highest BCUT2D eigenvalue weighted by molar-refractivity contribution is 7.13. The van der Waals surface area contributed by atoms with Gasteiger partial charge in [-0.2, -0.15) is 0 Å². The Kier molecular flexibility index (Phi) is 3.89. The van der Waals surface area contributed by atoms with Gasteiger partial charge in [0.1, 0.15) is 16.5 Å². The molecule has 1 aliphatic rings. The van der Waals surface area contributed by atoms with Gasteiger partial charge in [-0.05, 0) is 31.5 Å². The zero-order valence-electron chi connectivity index (χ0n) is 11.7. The first-order valence-corrected chi connectivity index (χ1v) is 7.60. The first kappa shape index (κ1) is 13.4. The highest BCUT2D eigenvalue weighted by Crippen LogP contribution is 2.33. The third kappa shape index (κ3) is 2.64. The van der Waals surface area contributed by atoms with Gasteiger partial charge >= 0.3 is 0 Å². The zero-order valence-corrected chi connectivity index (χ0v) is 12.5. The van der Waals surface area contributed by atoms with E-state index in [1.165, 1.54) is 12.8 Å². The molecular formula is C15H18N2O2S. The topological polar surface area (TPSA) is 43.4 Å². The van der Waals surface area contributed by atoms with E-state index < -0.39 is 0 Å². The molecule has 1 unspecified atom stereocenters. The Bertz CT molecular complexity index is 569. The van der Waals surface area contributed by atoms with Crippen molar-refractivity contribution in [1.29, 1.82) is 0 Å². The van der Waals surface area contributed by atoms with Gasteiger partial charge in [-0.25, -0.2) is 4.98 Å². The minimum Gasteiger partial charge on any atom is -0.497 e. The Labute approximate surface area is 122 Å². The maximum Gasteiger partial charge on any atom is 0.123 e. The summed E-state index contributed by atoms with van der Waals surface area (Å²) in [7, 11) is 3.32. The van der Waals surface area contributed by atoms with Crippen LogP contribution < -0.4 is 14.8 Å². The number of nitrogens with zero attached hydrogens (tertiary/aromatic N) is 1. The third-order valence-corrected chi connectivity index (χ3v) is 4.45. The van der Waals surface area contributed by atoms with Crippen molar-refractivity contribution in [2.45, 2.75) is 18.9 Å². The third-order valence-electron chi connectivity index (χ3n) is 3.54. The summed E-state index contributed by atoms with van der Waals surface area (Å²) in [5.74, 6) is 1.57. The molecule has 0 radical (unpaired) electrons. The smallest absolute Gasteiger partial charge is 0.123 e. The minimum absolute atomic E-state index is 0.410. The average Bonchev–Trinajstić information content (AvgIpc) is 3.17. The van der Waals surface area contributed by atoms with Crippen molar-refractivity contribution in [3.63, 3.8) is 0 Å². The van der Waals surface area contributed by atoms with Crippen molar-refractivity contribution in [1.82, 2.24) is 10.3 Å². The first-order chi connectivity index (χ1) is 9.80. The fourth-order valence-corrected chi connectivity index (χ4v) is 3.31. The van der Waals surface area contributed by atoms with Crippen LogP contribution in [0.15, 0.2) is 23.6 Å². The molecule has 1 fully saturated rings.